The van der Waals surface area contributed by atoms with E-state index in [1.165, 1.54) is 68.7 Å². The van der Waals surface area contributed by atoms with E-state index in [0.29, 0.717) is 11.0 Å². The van der Waals surface area contributed by atoms with Crippen LogP contribution in [0.4, 0.5) is 0 Å². The standard InChI is InChI=1S/C37H54O4/c1-23(2)24(3)7-8-25(4)30-13-14-31-29-12-11-27-22-28(17-19-36(27,5)32(29)18-20-37(30,31)6)41-35(40)16-10-26-9-15-33(38)34(39)21-26/h9-11,15-16,21,23-25,28-32,38-39H,7-8,12-14,17-20,22H2,1-6H3. The van der Waals surface area contributed by atoms with Crippen LogP contribution in [-0.2, 0) is 9.53 Å². The first-order valence-corrected chi connectivity index (χ1v) is 16.5. The number of fused-ring (bicyclic) bond motifs is 5. The first-order chi connectivity index (χ1) is 19.4. The molecular weight excluding hydrogens is 508 g/mol. The van der Waals surface area contributed by atoms with Gasteiger partial charge in [-0.05, 0) is 121 Å². The van der Waals surface area contributed by atoms with Crippen LogP contribution in [-0.4, -0.2) is 22.3 Å². The predicted molar refractivity (Wildman–Crippen MR) is 166 cm³/mol. The number of benzene rings is 1. The molecule has 4 heteroatoms. The van der Waals surface area contributed by atoms with Crippen LogP contribution in [0.15, 0.2) is 35.9 Å². The molecule has 0 radical (unpaired) electrons. The SMILES string of the molecule is CC(C)C(C)CCC(C)C1CCC2C3CC=C4CC(OC(=O)C=Cc5ccc(O)c(O)c5)CCC4(C)C3CCC12C. The Labute approximate surface area is 248 Å². The smallest absolute Gasteiger partial charge is 0.331 e. The summed E-state index contributed by atoms with van der Waals surface area (Å²) in [7, 11) is 0. The molecule has 3 fully saturated rings. The summed E-state index contributed by atoms with van der Waals surface area (Å²) in [5, 5.41) is 19.2. The molecule has 2 N–H and O–H groups in total. The lowest BCUT2D eigenvalue weighted by Crippen LogP contribution is -2.51. The van der Waals surface area contributed by atoms with Crippen molar-refractivity contribution in [1.82, 2.24) is 0 Å². The minimum atomic E-state index is -0.345. The maximum Gasteiger partial charge on any atom is 0.331 e. The highest BCUT2D eigenvalue weighted by Gasteiger charge is 2.59. The Morgan fingerprint density at radius 1 is 1.00 bits per heavy atom. The summed E-state index contributed by atoms with van der Waals surface area (Å²) < 4.78 is 5.90. The predicted octanol–water partition coefficient (Wildman–Crippen LogP) is 9.31. The summed E-state index contributed by atoms with van der Waals surface area (Å²) >= 11 is 0. The van der Waals surface area contributed by atoms with Gasteiger partial charge in [0, 0.05) is 12.5 Å². The van der Waals surface area contributed by atoms with Crippen LogP contribution in [0.1, 0.15) is 111 Å². The van der Waals surface area contributed by atoms with Crippen LogP contribution < -0.4 is 0 Å². The number of rotatable bonds is 8. The Bertz CT molecular complexity index is 1170. The Morgan fingerprint density at radius 2 is 1.78 bits per heavy atom. The zero-order valence-corrected chi connectivity index (χ0v) is 26.4. The highest BCUT2D eigenvalue weighted by molar-refractivity contribution is 5.87. The first-order valence-electron chi connectivity index (χ1n) is 16.5. The Morgan fingerprint density at radius 3 is 2.51 bits per heavy atom. The Balaban J connectivity index is 1.21. The van der Waals surface area contributed by atoms with Crippen molar-refractivity contribution >= 4 is 12.0 Å². The van der Waals surface area contributed by atoms with Gasteiger partial charge in [-0.1, -0.05) is 72.1 Å². The van der Waals surface area contributed by atoms with Gasteiger partial charge in [0.2, 0.25) is 0 Å². The van der Waals surface area contributed by atoms with E-state index in [1.54, 1.807) is 12.1 Å². The number of phenolic OH excluding ortho intramolecular Hbond substituents is 2. The average molecular weight is 563 g/mol. The lowest BCUT2D eigenvalue weighted by molar-refractivity contribution is -0.145. The van der Waals surface area contributed by atoms with Gasteiger partial charge in [-0.2, -0.15) is 0 Å². The molecule has 4 nitrogen and oxygen atoms in total. The number of hydrogen-bond donors (Lipinski definition) is 2. The van der Waals surface area contributed by atoms with Crippen LogP contribution >= 0.6 is 0 Å². The van der Waals surface area contributed by atoms with Gasteiger partial charge in [-0.3, -0.25) is 0 Å². The second-order valence-electron chi connectivity index (χ2n) is 15.1. The molecule has 0 spiro atoms. The van der Waals surface area contributed by atoms with Crippen molar-refractivity contribution in [3.05, 3.63) is 41.5 Å². The van der Waals surface area contributed by atoms with Crippen molar-refractivity contribution in [3.63, 3.8) is 0 Å². The molecule has 9 atom stereocenters. The minimum absolute atomic E-state index is 0.0740. The summed E-state index contributed by atoms with van der Waals surface area (Å²) in [5.41, 5.74) is 2.91. The molecule has 4 aliphatic rings. The third kappa shape index (κ3) is 5.87. The Hall–Kier alpha value is -2.23. The van der Waals surface area contributed by atoms with Gasteiger partial charge in [0.15, 0.2) is 11.5 Å². The zero-order valence-electron chi connectivity index (χ0n) is 26.4. The highest BCUT2D eigenvalue weighted by atomic mass is 16.5. The van der Waals surface area contributed by atoms with Crippen LogP contribution in [0, 0.1) is 52.3 Å². The maximum absolute atomic E-state index is 12.6. The number of phenols is 2. The van der Waals surface area contributed by atoms with Crippen molar-refractivity contribution in [2.24, 2.45) is 52.3 Å². The second kappa shape index (κ2) is 11.8. The van der Waals surface area contributed by atoms with E-state index < -0.39 is 0 Å². The van der Waals surface area contributed by atoms with E-state index in [2.05, 4.69) is 47.6 Å². The van der Waals surface area contributed by atoms with Crippen LogP contribution in [0.25, 0.3) is 6.08 Å². The summed E-state index contributed by atoms with van der Waals surface area (Å²) in [6.07, 6.45) is 17.9. The number of allylic oxidation sites excluding steroid dienone is 1. The quantitative estimate of drug-likeness (QED) is 0.143. The molecule has 4 aliphatic carbocycles. The molecule has 3 saturated carbocycles. The largest absolute Gasteiger partial charge is 0.504 e. The monoisotopic (exact) mass is 562 g/mol. The van der Waals surface area contributed by atoms with E-state index >= 15 is 0 Å². The Kier molecular flexibility index (Phi) is 8.71. The molecule has 0 aliphatic heterocycles. The van der Waals surface area contributed by atoms with Crippen molar-refractivity contribution in [3.8, 4) is 11.5 Å². The van der Waals surface area contributed by atoms with E-state index in [0.717, 1.165) is 60.7 Å². The van der Waals surface area contributed by atoms with Crippen LogP contribution in [0.5, 0.6) is 11.5 Å². The van der Waals surface area contributed by atoms with Crippen molar-refractivity contribution in [2.45, 2.75) is 112 Å². The molecule has 41 heavy (non-hydrogen) atoms. The third-order valence-corrected chi connectivity index (χ3v) is 12.7. The molecular formula is C37H54O4. The fourth-order valence-electron chi connectivity index (χ4n) is 9.78. The average Bonchev–Trinajstić information content (AvgIpc) is 3.29. The number of carbonyl (C=O) groups excluding carboxylic acids is 1. The third-order valence-electron chi connectivity index (χ3n) is 12.7. The lowest BCUT2D eigenvalue weighted by atomic mass is 9.47. The van der Waals surface area contributed by atoms with Gasteiger partial charge in [0.25, 0.3) is 0 Å². The molecule has 0 saturated heterocycles. The summed E-state index contributed by atoms with van der Waals surface area (Å²) in [5.74, 6) is 5.00. The summed E-state index contributed by atoms with van der Waals surface area (Å²) in [6, 6.07) is 4.51. The lowest BCUT2D eigenvalue weighted by Gasteiger charge is -2.58. The summed E-state index contributed by atoms with van der Waals surface area (Å²) in [6.45, 7) is 14.9. The van der Waals surface area contributed by atoms with Gasteiger partial charge in [0.05, 0.1) is 0 Å². The van der Waals surface area contributed by atoms with Gasteiger partial charge >= 0.3 is 5.97 Å². The molecule has 9 unspecified atom stereocenters. The summed E-state index contributed by atoms with van der Waals surface area (Å²) in [4.78, 5) is 12.6. The zero-order chi connectivity index (χ0) is 29.5. The van der Waals surface area contributed by atoms with Crippen LogP contribution in [0.2, 0.25) is 0 Å². The number of aromatic hydroxyl groups is 2. The fourth-order valence-corrected chi connectivity index (χ4v) is 9.78. The number of carbonyl (C=O) groups is 1. The maximum atomic E-state index is 12.6. The van der Waals surface area contributed by atoms with Gasteiger partial charge in [-0.25, -0.2) is 4.79 Å². The molecule has 0 amide bonds. The minimum Gasteiger partial charge on any atom is -0.504 e. The molecule has 0 aromatic heterocycles. The molecule has 0 heterocycles. The van der Waals surface area contributed by atoms with Gasteiger partial charge < -0.3 is 14.9 Å². The molecule has 1 aromatic carbocycles. The van der Waals surface area contributed by atoms with Crippen molar-refractivity contribution in [1.29, 1.82) is 0 Å². The number of esters is 1. The molecule has 226 valence electrons. The molecule has 0 bridgehead atoms. The molecule has 1 aromatic rings. The van der Waals surface area contributed by atoms with E-state index in [1.807, 2.05) is 0 Å². The van der Waals surface area contributed by atoms with Gasteiger partial charge in [0.1, 0.15) is 6.10 Å². The molecule has 5 rings (SSSR count). The van der Waals surface area contributed by atoms with Crippen LogP contribution in [0.3, 0.4) is 0 Å². The van der Waals surface area contributed by atoms with Gasteiger partial charge in [-0.15, -0.1) is 0 Å². The number of hydrogen-bond acceptors (Lipinski definition) is 4. The van der Waals surface area contributed by atoms with Crippen molar-refractivity contribution in [2.75, 3.05) is 0 Å². The van der Waals surface area contributed by atoms with E-state index in [-0.39, 0.29) is 29.0 Å². The van der Waals surface area contributed by atoms with Crippen molar-refractivity contribution < 1.29 is 19.7 Å². The highest BCUT2D eigenvalue weighted by Crippen LogP contribution is 2.67. The topological polar surface area (TPSA) is 66.8 Å². The second-order valence-corrected chi connectivity index (χ2v) is 15.1. The van der Waals surface area contributed by atoms with E-state index in [4.69, 9.17) is 4.74 Å². The van der Waals surface area contributed by atoms with E-state index in [9.17, 15) is 15.0 Å². The first kappa shape index (κ1) is 30.2. The normalized spacial score (nSPS) is 36.3. The number of ether oxygens (including phenoxy) is 1. The fraction of sp³-hybridized carbons (Fsp3) is 0.703.